The van der Waals surface area contributed by atoms with E-state index in [9.17, 15) is 14.0 Å². The first-order chi connectivity index (χ1) is 13.1. The molecule has 0 aliphatic carbocycles. The third-order valence-corrected chi connectivity index (χ3v) is 4.13. The highest BCUT2D eigenvalue weighted by Crippen LogP contribution is 2.32. The fourth-order valence-electron chi connectivity index (χ4n) is 2.84. The smallest absolute Gasteiger partial charge is 0.261 e. The Hall–Kier alpha value is -3.42. The second-order valence-electron chi connectivity index (χ2n) is 6.10. The van der Waals surface area contributed by atoms with E-state index >= 15 is 0 Å². The Morgan fingerprint density at radius 1 is 1.15 bits per heavy atom. The van der Waals surface area contributed by atoms with Crippen LogP contribution < -0.4 is 20.3 Å². The molecule has 0 radical (unpaired) electrons. The summed E-state index contributed by atoms with van der Waals surface area (Å²) in [6, 6.07) is 8.87. The molecule has 7 nitrogen and oxygen atoms in total. The van der Waals surface area contributed by atoms with Gasteiger partial charge in [-0.15, -0.1) is 0 Å². The van der Waals surface area contributed by atoms with E-state index in [1.807, 2.05) is 0 Å². The third-order valence-electron chi connectivity index (χ3n) is 4.13. The molecule has 0 saturated carbocycles. The Morgan fingerprint density at radius 2 is 1.96 bits per heavy atom. The number of anilines is 1. The van der Waals surface area contributed by atoms with Crippen LogP contribution in [0.4, 0.5) is 10.1 Å². The van der Waals surface area contributed by atoms with Gasteiger partial charge in [0.05, 0.1) is 30.4 Å². The van der Waals surface area contributed by atoms with Crippen molar-refractivity contribution in [3.8, 4) is 11.5 Å². The molecule has 1 N–H and O–H groups in total. The van der Waals surface area contributed by atoms with E-state index < -0.39 is 17.3 Å². The number of ether oxygens (including phenoxy) is 2. The summed E-state index contributed by atoms with van der Waals surface area (Å²) < 4.78 is 25.7. The van der Waals surface area contributed by atoms with E-state index in [2.05, 4.69) is 10.3 Å². The van der Waals surface area contributed by atoms with Gasteiger partial charge >= 0.3 is 0 Å². The van der Waals surface area contributed by atoms with Crippen molar-refractivity contribution in [1.82, 2.24) is 9.55 Å². The maximum atomic E-state index is 13.4. The Balaban J connectivity index is 1.53. The summed E-state index contributed by atoms with van der Waals surface area (Å²) in [5.74, 6) is 0.243. The Labute approximate surface area is 153 Å². The fraction of sp³-hybridized carbons (Fsp3) is 0.211. The molecular weight excluding hydrogens is 353 g/mol. The summed E-state index contributed by atoms with van der Waals surface area (Å²) in [5.41, 5.74) is 0.423. The molecule has 1 aliphatic rings. The summed E-state index contributed by atoms with van der Waals surface area (Å²) in [6.07, 6.45) is 2.06. The molecule has 0 saturated heterocycles. The average molecular weight is 369 g/mol. The van der Waals surface area contributed by atoms with Crippen LogP contribution in [-0.4, -0.2) is 28.7 Å². The Morgan fingerprint density at radius 3 is 2.81 bits per heavy atom. The Kier molecular flexibility index (Phi) is 4.45. The van der Waals surface area contributed by atoms with Gasteiger partial charge in [0.2, 0.25) is 5.91 Å². The van der Waals surface area contributed by atoms with E-state index in [0.29, 0.717) is 35.9 Å². The van der Waals surface area contributed by atoms with Crippen LogP contribution in [0.15, 0.2) is 47.5 Å². The van der Waals surface area contributed by atoms with Crippen molar-refractivity contribution in [1.29, 1.82) is 0 Å². The van der Waals surface area contributed by atoms with Crippen molar-refractivity contribution in [2.75, 3.05) is 18.5 Å². The zero-order valence-corrected chi connectivity index (χ0v) is 14.3. The number of aromatic nitrogens is 2. The number of fused-ring (bicyclic) bond motifs is 2. The number of benzene rings is 2. The predicted octanol–water partition coefficient (Wildman–Crippen LogP) is 2.34. The lowest BCUT2D eigenvalue weighted by Crippen LogP contribution is -2.28. The first-order valence-corrected chi connectivity index (χ1v) is 8.44. The molecule has 0 atom stereocenters. The van der Waals surface area contributed by atoms with Crippen LogP contribution in [0.1, 0.15) is 6.42 Å². The molecular formula is C19H16FN3O4. The van der Waals surface area contributed by atoms with E-state index in [-0.39, 0.29) is 11.9 Å². The highest BCUT2D eigenvalue weighted by Gasteiger charge is 2.13. The van der Waals surface area contributed by atoms with Crippen molar-refractivity contribution in [3.05, 3.63) is 58.9 Å². The zero-order chi connectivity index (χ0) is 18.8. The first-order valence-electron chi connectivity index (χ1n) is 8.44. The number of nitrogens with one attached hydrogen (secondary N) is 1. The van der Waals surface area contributed by atoms with Gasteiger partial charge in [-0.3, -0.25) is 14.2 Å². The highest BCUT2D eigenvalue weighted by molar-refractivity contribution is 5.91. The van der Waals surface area contributed by atoms with Gasteiger partial charge < -0.3 is 14.8 Å². The molecule has 27 heavy (non-hydrogen) atoms. The monoisotopic (exact) mass is 369 g/mol. The van der Waals surface area contributed by atoms with Crippen molar-refractivity contribution in [2.45, 2.75) is 13.0 Å². The number of amides is 1. The lowest BCUT2D eigenvalue weighted by Gasteiger charge is -2.11. The number of hydrogen-bond donors (Lipinski definition) is 1. The lowest BCUT2D eigenvalue weighted by atomic mass is 10.2. The molecule has 0 unspecified atom stereocenters. The summed E-state index contributed by atoms with van der Waals surface area (Å²) >= 11 is 0. The fourth-order valence-corrected chi connectivity index (χ4v) is 2.84. The predicted molar refractivity (Wildman–Crippen MR) is 96.6 cm³/mol. The maximum absolute atomic E-state index is 13.4. The van der Waals surface area contributed by atoms with Crippen molar-refractivity contribution < 1.29 is 18.7 Å². The van der Waals surface area contributed by atoms with Crippen LogP contribution in [0, 0.1) is 5.82 Å². The van der Waals surface area contributed by atoms with Crippen molar-refractivity contribution in [2.24, 2.45) is 0 Å². The van der Waals surface area contributed by atoms with Gasteiger partial charge in [0.15, 0.2) is 11.5 Å². The largest absolute Gasteiger partial charge is 0.490 e. The molecule has 2 aromatic carbocycles. The van der Waals surface area contributed by atoms with Gasteiger partial charge in [-0.2, -0.15) is 0 Å². The number of halogens is 1. The second kappa shape index (κ2) is 7.06. The minimum absolute atomic E-state index is 0.126. The first kappa shape index (κ1) is 17.0. The SMILES string of the molecule is O=C(Cn1cnc2ccc(F)cc2c1=O)Nc1ccc2c(c1)OCCCO2. The van der Waals surface area contributed by atoms with Crippen LogP contribution in [0.2, 0.25) is 0 Å². The third kappa shape index (κ3) is 3.59. The van der Waals surface area contributed by atoms with Gasteiger partial charge in [0.25, 0.3) is 5.56 Å². The van der Waals surface area contributed by atoms with Crippen LogP contribution in [0.3, 0.4) is 0 Å². The molecule has 1 amide bonds. The van der Waals surface area contributed by atoms with Crippen molar-refractivity contribution >= 4 is 22.5 Å². The topological polar surface area (TPSA) is 82.5 Å². The molecule has 4 rings (SSSR count). The number of carbonyl (C=O) groups is 1. The number of carbonyl (C=O) groups excluding carboxylic acids is 1. The van der Waals surface area contributed by atoms with E-state index in [0.717, 1.165) is 17.1 Å². The standard InChI is InChI=1S/C19H16FN3O4/c20-12-2-4-15-14(8-12)19(25)23(11-21-15)10-18(24)22-13-3-5-16-17(9-13)27-7-1-6-26-16/h2-5,8-9,11H,1,6-7,10H2,(H,22,24). The molecule has 8 heteroatoms. The van der Waals surface area contributed by atoms with Crippen LogP contribution >= 0.6 is 0 Å². The molecule has 3 aromatic rings. The molecule has 138 valence electrons. The molecule has 2 heterocycles. The summed E-state index contributed by atoms with van der Waals surface area (Å²) in [6.45, 7) is 0.878. The van der Waals surface area contributed by atoms with Gasteiger partial charge in [0.1, 0.15) is 12.4 Å². The van der Waals surface area contributed by atoms with Gasteiger partial charge in [-0.05, 0) is 30.3 Å². The number of rotatable bonds is 3. The summed E-state index contributed by atoms with van der Waals surface area (Å²) in [5, 5.41) is 2.84. The zero-order valence-electron chi connectivity index (χ0n) is 14.3. The van der Waals surface area contributed by atoms with E-state index in [1.54, 1.807) is 18.2 Å². The van der Waals surface area contributed by atoms with Gasteiger partial charge in [-0.1, -0.05) is 0 Å². The molecule has 0 fully saturated rings. The molecule has 1 aliphatic heterocycles. The summed E-state index contributed by atoms with van der Waals surface area (Å²) in [4.78, 5) is 28.9. The van der Waals surface area contributed by atoms with Crippen molar-refractivity contribution in [3.63, 3.8) is 0 Å². The molecule has 0 bridgehead atoms. The minimum atomic E-state index is -0.532. The average Bonchev–Trinajstić information content (AvgIpc) is 2.89. The van der Waals surface area contributed by atoms with E-state index in [4.69, 9.17) is 9.47 Å². The summed E-state index contributed by atoms with van der Waals surface area (Å²) in [7, 11) is 0. The lowest BCUT2D eigenvalue weighted by molar-refractivity contribution is -0.116. The van der Waals surface area contributed by atoms with Crippen LogP contribution in [0.25, 0.3) is 10.9 Å². The van der Waals surface area contributed by atoms with E-state index in [1.165, 1.54) is 18.5 Å². The minimum Gasteiger partial charge on any atom is -0.490 e. The normalized spacial score (nSPS) is 13.2. The highest BCUT2D eigenvalue weighted by atomic mass is 19.1. The van der Waals surface area contributed by atoms with Crippen LogP contribution in [0.5, 0.6) is 11.5 Å². The van der Waals surface area contributed by atoms with Gasteiger partial charge in [0, 0.05) is 18.2 Å². The Bertz CT molecular complexity index is 1080. The van der Waals surface area contributed by atoms with Gasteiger partial charge in [-0.25, -0.2) is 9.37 Å². The quantitative estimate of drug-likeness (QED) is 0.766. The number of nitrogens with zero attached hydrogens (tertiary/aromatic N) is 2. The van der Waals surface area contributed by atoms with Crippen LogP contribution in [-0.2, 0) is 11.3 Å². The number of hydrogen-bond acceptors (Lipinski definition) is 5. The second-order valence-corrected chi connectivity index (χ2v) is 6.10. The molecule has 0 spiro atoms. The maximum Gasteiger partial charge on any atom is 0.261 e. The molecule has 1 aromatic heterocycles.